The molecular weight excluding hydrogens is 326 g/mol. The van der Waals surface area contributed by atoms with E-state index >= 15 is 0 Å². The summed E-state index contributed by atoms with van der Waals surface area (Å²) in [5.74, 6) is 2.28. The predicted octanol–water partition coefficient (Wildman–Crippen LogP) is 5.22. The van der Waals surface area contributed by atoms with Crippen molar-refractivity contribution < 1.29 is 14.2 Å². The van der Waals surface area contributed by atoms with E-state index in [2.05, 4.69) is 13.0 Å². The smallest absolute Gasteiger partial charge is 0.213 e. The number of benzene rings is 2. The molecule has 0 unspecified atom stereocenters. The molecule has 0 bridgehead atoms. The first-order valence-electron chi connectivity index (χ1n) is 8.68. The lowest BCUT2D eigenvalue weighted by molar-refractivity contribution is 0.306. The maximum absolute atomic E-state index is 5.73. The van der Waals surface area contributed by atoms with Gasteiger partial charge in [0.25, 0.3) is 0 Å². The highest BCUT2D eigenvalue weighted by atomic mass is 16.5. The Bertz CT molecular complexity index is 842. The van der Waals surface area contributed by atoms with Gasteiger partial charge in [-0.2, -0.15) is 0 Å². The Morgan fingerprint density at radius 1 is 0.731 bits per heavy atom. The van der Waals surface area contributed by atoms with Crippen LogP contribution in [-0.2, 0) is 0 Å². The standard InChI is InChI=1S/C22H23NO3/c1-4-15-26-21-14-13-20(16-5-9-18(24-2)10-6-16)22(23-21)17-7-11-19(25-3)12-8-17/h5-14H,4,15H2,1-3H3. The van der Waals surface area contributed by atoms with Gasteiger partial charge in [-0.25, -0.2) is 4.98 Å². The highest BCUT2D eigenvalue weighted by Gasteiger charge is 2.12. The molecule has 1 aromatic heterocycles. The van der Waals surface area contributed by atoms with E-state index in [1.54, 1.807) is 14.2 Å². The fourth-order valence-electron chi connectivity index (χ4n) is 2.70. The first-order valence-corrected chi connectivity index (χ1v) is 8.68. The molecule has 0 aliphatic heterocycles. The van der Waals surface area contributed by atoms with E-state index in [1.807, 2.05) is 54.6 Å². The topological polar surface area (TPSA) is 40.6 Å². The van der Waals surface area contributed by atoms with Crippen molar-refractivity contribution in [1.29, 1.82) is 0 Å². The van der Waals surface area contributed by atoms with Crippen LogP contribution >= 0.6 is 0 Å². The van der Waals surface area contributed by atoms with Crippen LogP contribution in [0.2, 0.25) is 0 Å². The van der Waals surface area contributed by atoms with Crippen LogP contribution in [-0.4, -0.2) is 25.8 Å². The third kappa shape index (κ3) is 3.97. The Kier molecular flexibility index (Phi) is 5.74. The van der Waals surface area contributed by atoms with Crippen molar-refractivity contribution in [2.24, 2.45) is 0 Å². The summed E-state index contributed by atoms with van der Waals surface area (Å²) in [6, 6.07) is 19.9. The summed E-state index contributed by atoms with van der Waals surface area (Å²) >= 11 is 0. The Labute approximate surface area is 154 Å². The van der Waals surface area contributed by atoms with Gasteiger partial charge in [0.15, 0.2) is 0 Å². The Balaban J connectivity index is 2.06. The van der Waals surface area contributed by atoms with E-state index in [1.165, 1.54) is 0 Å². The molecule has 0 amide bonds. The zero-order chi connectivity index (χ0) is 18.4. The second kappa shape index (κ2) is 8.39. The van der Waals surface area contributed by atoms with E-state index in [0.717, 1.165) is 40.3 Å². The lowest BCUT2D eigenvalue weighted by atomic mass is 9.99. The van der Waals surface area contributed by atoms with E-state index < -0.39 is 0 Å². The molecule has 1 heterocycles. The van der Waals surface area contributed by atoms with Crippen LogP contribution in [0.15, 0.2) is 60.7 Å². The van der Waals surface area contributed by atoms with Gasteiger partial charge in [-0.1, -0.05) is 19.1 Å². The van der Waals surface area contributed by atoms with Gasteiger partial charge in [0.05, 0.1) is 26.5 Å². The number of ether oxygens (including phenoxy) is 3. The largest absolute Gasteiger partial charge is 0.497 e. The second-order valence-corrected chi connectivity index (χ2v) is 5.85. The van der Waals surface area contributed by atoms with Crippen molar-refractivity contribution in [3.05, 3.63) is 60.7 Å². The number of rotatable bonds is 7. The summed E-state index contributed by atoms with van der Waals surface area (Å²) in [7, 11) is 3.33. The van der Waals surface area contributed by atoms with Crippen molar-refractivity contribution in [2.45, 2.75) is 13.3 Å². The minimum absolute atomic E-state index is 0.634. The van der Waals surface area contributed by atoms with Crippen LogP contribution in [0.3, 0.4) is 0 Å². The second-order valence-electron chi connectivity index (χ2n) is 5.85. The van der Waals surface area contributed by atoms with Gasteiger partial charge in [-0.05, 0) is 54.4 Å². The van der Waals surface area contributed by atoms with Gasteiger partial charge in [-0.3, -0.25) is 0 Å². The molecule has 2 aromatic carbocycles. The Morgan fingerprint density at radius 2 is 1.31 bits per heavy atom. The minimum Gasteiger partial charge on any atom is -0.497 e. The quantitative estimate of drug-likeness (QED) is 0.586. The first-order chi connectivity index (χ1) is 12.7. The molecule has 4 heteroatoms. The number of nitrogens with zero attached hydrogens (tertiary/aromatic N) is 1. The zero-order valence-corrected chi connectivity index (χ0v) is 15.4. The van der Waals surface area contributed by atoms with Crippen LogP contribution in [0.4, 0.5) is 0 Å². The van der Waals surface area contributed by atoms with Gasteiger partial charge in [0.1, 0.15) is 11.5 Å². The normalized spacial score (nSPS) is 10.4. The molecule has 0 N–H and O–H groups in total. The molecule has 0 aliphatic carbocycles. The molecule has 3 rings (SSSR count). The van der Waals surface area contributed by atoms with Gasteiger partial charge < -0.3 is 14.2 Å². The molecule has 134 valence electrons. The number of pyridine rings is 1. The number of hydrogen-bond donors (Lipinski definition) is 0. The molecule has 3 aromatic rings. The molecule has 4 nitrogen and oxygen atoms in total. The maximum Gasteiger partial charge on any atom is 0.213 e. The number of methoxy groups -OCH3 is 2. The molecule has 0 fully saturated rings. The summed E-state index contributed by atoms with van der Waals surface area (Å²) < 4.78 is 16.3. The number of aromatic nitrogens is 1. The molecular formula is C22H23NO3. The third-order valence-electron chi connectivity index (χ3n) is 4.09. The highest BCUT2D eigenvalue weighted by Crippen LogP contribution is 2.34. The van der Waals surface area contributed by atoms with E-state index in [0.29, 0.717) is 12.5 Å². The van der Waals surface area contributed by atoms with Crippen LogP contribution in [0.5, 0.6) is 17.4 Å². The first kappa shape index (κ1) is 17.8. The van der Waals surface area contributed by atoms with Gasteiger partial charge >= 0.3 is 0 Å². The molecule has 0 saturated heterocycles. The fraction of sp³-hybridized carbons (Fsp3) is 0.227. The van der Waals surface area contributed by atoms with E-state index in [4.69, 9.17) is 19.2 Å². The average Bonchev–Trinajstić information content (AvgIpc) is 2.72. The molecule has 0 radical (unpaired) electrons. The molecule has 0 spiro atoms. The summed E-state index contributed by atoms with van der Waals surface area (Å²) in [5, 5.41) is 0. The fourth-order valence-corrected chi connectivity index (χ4v) is 2.70. The van der Waals surface area contributed by atoms with Crippen LogP contribution in [0, 0.1) is 0 Å². The Morgan fingerprint density at radius 3 is 1.85 bits per heavy atom. The zero-order valence-electron chi connectivity index (χ0n) is 15.4. The lowest BCUT2D eigenvalue weighted by Gasteiger charge is -2.13. The summed E-state index contributed by atoms with van der Waals surface area (Å²) in [4.78, 5) is 4.76. The molecule has 26 heavy (non-hydrogen) atoms. The maximum atomic E-state index is 5.73. The predicted molar refractivity (Wildman–Crippen MR) is 104 cm³/mol. The van der Waals surface area contributed by atoms with E-state index in [9.17, 15) is 0 Å². The summed E-state index contributed by atoms with van der Waals surface area (Å²) in [6.45, 7) is 2.73. The number of hydrogen-bond acceptors (Lipinski definition) is 4. The van der Waals surface area contributed by atoms with Crippen molar-refractivity contribution >= 4 is 0 Å². The summed E-state index contributed by atoms with van der Waals surface area (Å²) in [5.41, 5.74) is 4.01. The molecule has 0 saturated carbocycles. The van der Waals surface area contributed by atoms with Gasteiger partial charge in [0, 0.05) is 17.2 Å². The van der Waals surface area contributed by atoms with Crippen LogP contribution in [0.25, 0.3) is 22.4 Å². The minimum atomic E-state index is 0.634. The highest BCUT2D eigenvalue weighted by molar-refractivity contribution is 5.81. The van der Waals surface area contributed by atoms with Crippen LogP contribution < -0.4 is 14.2 Å². The van der Waals surface area contributed by atoms with Crippen molar-refractivity contribution in [3.63, 3.8) is 0 Å². The Hall–Kier alpha value is -3.01. The lowest BCUT2D eigenvalue weighted by Crippen LogP contribution is -1.99. The molecule has 0 atom stereocenters. The van der Waals surface area contributed by atoms with Crippen molar-refractivity contribution in [1.82, 2.24) is 4.98 Å². The monoisotopic (exact) mass is 349 g/mol. The van der Waals surface area contributed by atoms with Gasteiger partial charge in [0.2, 0.25) is 5.88 Å². The SMILES string of the molecule is CCCOc1ccc(-c2ccc(OC)cc2)c(-c2ccc(OC)cc2)n1. The van der Waals surface area contributed by atoms with E-state index in [-0.39, 0.29) is 0 Å². The third-order valence-corrected chi connectivity index (χ3v) is 4.09. The van der Waals surface area contributed by atoms with Crippen LogP contribution in [0.1, 0.15) is 13.3 Å². The van der Waals surface area contributed by atoms with Crippen molar-refractivity contribution in [3.8, 4) is 39.8 Å². The molecule has 0 aliphatic rings. The van der Waals surface area contributed by atoms with Crippen molar-refractivity contribution in [2.75, 3.05) is 20.8 Å². The summed E-state index contributed by atoms with van der Waals surface area (Å²) in [6.07, 6.45) is 0.944. The van der Waals surface area contributed by atoms with Gasteiger partial charge in [-0.15, -0.1) is 0 Å². The average molecular weight is 349 g/mol.